The zero-order chi connectivity index (χ0) is 10.8. The molecule has 2 aromatic rings. The lowest BCUT2D eigenvalue weighted by atomic mass is 9.94. The maximum absolute atomic E-state index is 2.36. The molecule has 1 aliphatic rings. The van der Waals surface area contributed by atoms with Crippen LogP contribution in [0.2, 0.25) is 0 Å². The summed E-state index contributed by atoms with van der Waals surface area (Å²) in [5, 5.41) is 0. The van der Waals surface area contributed by atoms with Crippen LogP contribution >= 0.6 is 0 Å². The van der Waals surface area contributed by atoms with E-state index in [0.29, 0.717) is 5.92 Å². The van der Waals surface area contributed by atoms with E-state index >= 15 is 0 Å². The van der Waals surface area contributed by atoms with Crippen LogP contribution in [0, 0.1) is 6.42 Å². The van der Waals surface area contributed by atoms with Gasteiger partial charge in [0.2, 0.25) is 0 Å². The van der Waals surface area contributed by atoms with Gasteiger partial charge >= 0.3 is 0 Å². The minimum absolute atomic E-state index is 0.679. The van der Waals surface area contributed by atoms with Gasteiger partial charge in [0.15, 0.2) is 0 Å². The van der Waals surface area contributed by atoms with E-state index in [9.17, 15) is 0 Å². The second kappa shape index (κ2) is 4.13. The van der Waals surface area contributed by atoms with Gasteiger partial charge in [0.1, 0.15) is 0 Å². The van der Waals surface area contributed by atoms with Crippen molar-refractivity contribution in [2.45, 2.75) is 18.8 Å². The summed E-state index contributed by atoms with van der Waals surface area (Å²) < 4.78 is 0. The monoisotopic (exact) mass is 207 g/mol. The first kappa shape index (κ1) is 9.65. The standard InChI is InChI=1S/C16H15/c1-2-6-13(7-3-1)12-15-11-10-14-8-4-5-9-16(14)15/h1-10,15H,11-12H2. The van der Waals surface area contributed by atoms with Crippen LogP contribution in [-0.2, 0) is 6.42 Å². The van der Waals surface area contributed by atoms with Crippen molar-refractivity contribution >= 4 is 0 Å². The molecule has 0 amide bonds. The molecule has 0 heteroatoms. The molecule has 0 aliphatic heterocycles. The van der Waals surface area contributed by atoms with Crippen LogP contribution in [0.25, 0.3) is 0 Å². The summed E-state index contributed by atoms with van der Waals surface area (Å²) in [6.45, 7) is 0. The van der Waals surface area contributed by atoms with Crippen molar-refractivity contribution in [3.05, 3.63) is 77.7 Å². The lowest BCUT2D eigenvalue weighted by molar-refractivity contribution is 0.713. The molecule has 0 fully saturated rings. The maximum atomic E-state index is 2.36. The SMILES string of the molecule is [CH]1CC(Cc2ccccc2)c2ccccc21. The Kier molecular flexibility index (Phi) is 2.49. The van der Waals surface area contributed by atoms with Crippen molar-refractivity contribution in [2.75, 3.05) is 0 Å². The number of hydrogen-bond acceptors (Lipinski definition) is 0. The molecular weight excluding hydrogens is 192 g/mol. The topological polar surface area (TPSA) is 0 Å². The highest BCUT2D eigenvalue weighted by atomic mass is 14.3. The Balaban J connectivity index is 1.84. The van der Waals surface area contributed by atoms with E-state index in [1.165, 1.54) is 23.1 Å². The van der Waals surface area contributed by atoms with Crippen LogP contribution in [0.4, 0.5) is 0 Å². The highest BCUT2D eigenvalue weighted by Gasteiger charge is 2.21. The first-order chi connectivity index (χ1) is 7.93. The van der Waals surface area contributed by atoms with Crippen LogP contribution in [-0.4, -0.2) is 0 Å². The molecule has 0 saturated carbocycles. The predicted molar refractivity (Wildman–Crippen MR) is 67.3 cm³/mol. The van der Waals surface area contributed by atoms with E-state index in [0.717, 1.165) is 6.42 Å². The lowest BCUT2D eigenvalue weighted by Crippen LogP contribution is -1.98. The van der Waals surface area contributed by atoms with Gasteiger partial charge in [0.05, 0.1) is 0 Å². The fourth-order valence-electron chi connectivity index (χ4n) is 2.56. The van der Waals surface area contributed by atoms with Crippen molar-refractivity contribution in [2.24, 2.45) is 0 Å². The van der Waals surface area contributed by atoms with E-state index in [-0.39, 0.29) is 0 Å². The molecule has 1 radical (unpaired) electrons. The second-order valence-electron chi connectivity index (χ2n) is 4.46. The van der Waals surface area contributed by atoms with E-state index < -0.39 is 0 Å². The van der Waals surface area contributed by atoms with Crippen LogP contribution in [0.1, 0.15) is 29.0 Å². The van der Waals surface area contributed by atoms with Gasteiger partial charge in [-0.25, -0.2) is 0 Å². The van der Waals surface area contributed by atoms with Crippen molar-refractivity contribution in [3.63, 3.8) is 0 Å². The number of hydrogen-bond donors (Lipinski definition) is 0. The van der Waals surface area contributed by atoms with Crippen LogP contribution in [0.3, 0.4) is 0 Å². The minimum Gasteiger partial charge on any atom is -0.0622 e. The summed E-state index contributed by atoms with van der Waals surface area (Å²) in [5.41, 5.74) is 4.40. The lowest BCUT2D eigenvalue weighted by Gasteiger charge is -2.11. The molecule has 1 atom stereocenters. The fraction of sp³-hybridized carbons (Fsp3) is 0.188. The summed E-state index contributed by atoms with van der Waals surface area (Å²) in [6.07, 6.45) is 4.71. The molecule has 16 heavy (non-hydrogen) atoms. The van der Waals surface area contributed by atoms with Crippen molar-refractivity contribution in [1.82, 2.24) is 0 Å². The molecule has 0 saturated heterocycles. The normalized spacial score (nSPS) is 18.4. The first-order valence-corrected chi connectivity index (χ1v) is 5.89. The Hall–Kier alpha value is -1.56. The molecule has 1 aliphatic carbocycles. The Labute approximate surface area is 96.9 Å². The van der Waals surface area contributed by atoms with Crippen molar-refractivity contribution in [3.8, 4) is 0 Å². The zero-order valence-corrected chi connectivity index (χ0v) is 9.27. The second-order valence-corrected chi connectivity index (χ2v) is 4.46. The highest BCUT2D eigenvalue weighted by molar-refractivity contribution is 5.42. The van der Waals surface area contributed by atoms with Gasteiger partial charge in [0, 0.05) is 0 Å². The van der Waals surface area contributed by atoms with Gasteiger partial charge in [-0.3, -0.25) is 0 Å². The zero-order valence-electron chi connectivity index (χ0n) is 9.27. The summed E-state index contributed by atoms with van der Waals surface area (Å²) in [6, 6.07) is 19.5. The summed E-state index contributed by atoms with van der Waals surface area (Å²) >= 11 is 0. The van der Waals surface area contributed by atoms with E-state index in [1.807, 2.05) is 0 Å². The fourth-order valence-corrected chi connectivity index (χ4v) is 2.56. The average molecular weight is 207 g/mol. The van der Waals surface area contributed by atoms with Crippen LogP contribution < -0.4 is 0 Å². The van der Waals surface area contributed by atoms with E-state index in [1.54, 1.807) is 0 Å². The first-order valence-electron chi connectivity index (χ1n) is 5.89. The smallest absolute Gasteiger partial charge is 0.00840 e. The molecular formula is C16H15. The third kappa shape index (κ3) is 1.76. The van der Waals surface area contributed by atoms with Gasteiger partial charge in [0.25, 0.3) is 0 Å². The Morgan fingerprint density at radius 2 is 1.62 bits per heavy atom. The Morgan fingerprint density at radius 3 is 2.50 bits per heavy atom. The molecule has 1 unspecified atom stereocenters. The highest BCUT2D eigenvalue weighted by Crippen LogP contribution is 2.36. The third-order valence-electron chi connectivity index (χ3n) is 3.38. The molecule has 79 valence electrons. The predicted octanol–water partition coefficient (Wildman–Crippen LogP) is 3.97. The Bertz CT molecular complexity index is 470. The maximum Gasteiger partial charge on any atom is -0.00840 e. The molecule has 0 heterocycles. The molecule has 0 N–H and O–H groups in total. The molecule has 0 nitrogen and oxygen atoms in total. The van der Waals surface area contributed by atoms with E-state index in [2.05, 4.69) is 61.0 Å². The average Bonchev–Trinajstić information content (AvgIpc) is 2.74. The van der Waals surface area contributed by atoms with Gasteiger partial charge < -0.3 is 0 Å². The van der Waals surface area contributed by atoms with Gasteiger partial charge in [-0.05, 0) is 41.9 Å². The van der Waals surface area contributed by atoms with Crippen molar-refractivity contribution < 1.29 is 0 Å². The molecule has 0 spiro atoms. The van der Waals surface area contributed by atoms with Crippen molar-refractivity contribution in [1.29, 1.82) is 0 Å². The summed E-state index contributed by atoms with van der Waals surface area (Å²) in [7, 11) is 0. The molecule has 0 aromatic heterocycles. The van der Waals surface area contributed by atoms with Gasteiger partial charge in [-0.2, -0.15) is 0 Å². The Morgan fingerprint density at radius 1 is 0.875 bits per heavy atom. The quantitative estimate of drug-likeness (QED) is 0.699. The largest absolute Gasteiger partial charge is 0.0622 e. The van der Waals surface area contributed by atoms with Crippen LogP contribution in [0.15, 0.2) is 54.6 Å². The number of benzene rings is 2. The summed E-state index contributed by atoms with van der Waals surface area (Å²) in [4.78, 5) is 0. The number of rotatable bonds is 2. The third-order valence-corrected chi connectivity index (χ3v) is 3.38. The van der Waals surface area contributed by atoms with Crippen LogP contribution in [0.5, 0.6) is 0 Å². The molecule has 0 bridgehead atoms. The summed E-state index contributed by atoms with van der Waals surface area (Å²) in [5.74, 6) is 0.679. The minimum atomic E-state index is 0.679. The van der Waals surface area contributed by atoms with Gasteiger partial charge in [-0.1, -0.05) is 54.6 Å². The number of fused-ring (bicyclic) bond motifs is 1. The molecule has 2 aromatic carbocycles. The van der Waals surface area contributed by atoms with E-state index in [4.69, 9.17) is 0 Å². The molecule has 3 rings (SSSR count). The van der Waals surface area contributed by atoms with Gasteiger partial charge in [-0.15, -0.1) is 0 Å².